The molecule has 10 aromatic rings. The Labute approximate surface area is 491 Å². The Morgan fingerprint density at radius 1 is 0.256 bits per heavy atom. The van der Waals surface area contributed by atoms with Crippen molar-refractivity contribution in [1.82, 2.24) is 0 Å². The maximum absolute atomic E-state index is 10.0. The molecule has 0 aromatic heterocycles. The van der Waals surface area contributed by atoms with Gasteiger partial charge in [0.05, 0.1) is 44.5 Å². The number of benzene rings is 10. The third-order valence-electron chi connectivity index (χ3n) is 14.5. The number of hydrogen-bond donors (Lipinski definition) is 0. The molecule has 0 atom stereocenters. The third kappa shape index (κ3) is 9.05. The number of para-hydroxylation sites is 4. The van der Waals surface area contributed by atoms with Gasteiger partial charge in [0.1, 0.15) is 141 Å². The predicted octanol–water partition coefficient (Wildman–Crippen LogP) is 11.0. The summed E-state index contributed by atoms with van der Waals surface area (Å²) in [5.74, 6) is 6.10. The number of nitriles is 8. The van der Waals surface area contributed by atoms with Crippen LogP contribution < -0.4 is 70.7 Å². The zero-order valence-electron chi connectivity index (χ0n) is 44.3. The van der Waals surface area contributed by atoms with Gasteiger partial charge in [0.25, 0.3) is 13.4 Å². The fourth-order valence-corrected chi connectivity index (χ4v) is 10.8. The van der Waals surface area contributed by atoms with Gasteiger partial charge in [0, 0.05) is 35.2 Å². The molecule has 0 bridgehead atoms. The van der Waals surface area contributed by atoms with E-state index in [1.807, 2.05) is 91.0 Å². The van der Waals surface area contributed by atoms with Gasteiger partial charge in [-0.1, -0.05) is 84.9 Å². The lowest BCUT2D eigenvalue weighted by Gasteiger charge is -2.37. The van der Waals surface area contributed by atoms with Crippen molar-refractivity contribution in [3.05, 3.63) is 226 Å². The molecule has 0 amide bonds. The second kappa shape index (κ2) is 21.6. The molecule has 0 saturated carbocycles. The molecule has 0 N–H and O–H groups in total. The highest BCUT2D eigenvalue weighted by Crippen LogP contribution is 2.44. The van der Waals surface area contributed by atoms with Crippen LogP contribution in [-0.2, 0) is 0 Å². The van der Waals surface area contributed by atoms with Crippen LogP contribution in [0.15, 0.2) is 182 Å². The molecule has 396 valence electrons. The summed E-state index contributed by atoms with van der Waals surface area (Å²) in [6.07, 6.45) is 0. The number of nitrogens with zero attached hydrogens (tertiary/aromatic N) is 8. The van der Waals surface area contributed by atoms with Gasteiger partial charge in [-0.2, -0.15) is 42.1 Å². The lowest BCUT2D eigenvalue weighted by atomic mass is 9.31. The summed E-state index contributed by atoms with van der Waals surface area (Å²) in [5, 5.41) is 78.7. The average Bonchev–Trinajstić information content (AvgIpc) is 0.723. The minimum Gasteiger partial charge on any atom is -0.457 e. The molecule has 4 aliphatic rings. The Kier molecular flexibility index (Phi) is 13.1. The van der Waals surface area contributed by atoms with E-state index in [4.69, 9.17) is 37.9 Å². The van der Waals surface area contributed by atoms with E-state index < -0.39 is 13.4 Å². The first-order valence-corrected chi connectivity index (χ1v) is 26.2. The smallest absolute Gasteiger partial charge is 0.260 e. The molecule has 0 spiro atoms. The molecule has 0 radical (unpaired) electrons. The standard InChI is InChI=1S/C34H12B2N4O4.C34H18N4O4/c37-13-17-9-19(15-39)33-29-31(17)41-25-7-3-1-5-21(25)35(29)23-11-24-28(12-27(23)43-33)44-34-20(16-40)10-18(14-38)32-30(34)36(24)22-6-2-4-8-26(22)42-32;35-19-23-14-25(21-37)33(17-31(23)39-27-8-3-1-4-9-27)41-29-12-7-13-30(16-29)42-34-18-32(24(20-36)15-26(34)22-38)40-28-10-5-2-6-11-28/h1-12H;1-18H. The van der Waals surface area contributed by atoms with E-state index in [0.717, 1.165) is 21.9 Å². The summed E-state index contributed by atoms with van der Waals surface area (Å²) in [6, 6.07) is 69.2. The Balaban J connectivity index is 0.000000160. The monoisotopic (exact) mass is 1110 g/mol. The Hall–Kier alpha value is -13.4. The Morgan fingerprint density at radius 2 is 0.558 bits per heavy atom. The predicted molar refractivity (Wildman–Crippen MR) is 312 cm³/mol. The van der Waals surface area contributed by atoms with E-state index in [1.165, 1.54) is 36.4 Å². The fourth-order valence-electron chi connectivity index (χ4n) is 10.8. The van der Waals surface area contributed by atoms with E-state index >= 15 is 0 Å². The van der Waals surface area contributed by atoms with Gasteiger partial charge in [-0.3, -0.25) is 0 Å². The Bertz CT molecular complexity index is 4630. The topological polar surface area (TPSA) is 264 Å². The van der Waals surface area contributed by atoms with Crippen LogP contribution in [0.2, 0.25) is 0 Å². The van der Waals surface area contributed by atoms with Gasteiger partial charge in [-0.25, -0.2) is 0 Å². The highest BCUT2D eigenvalue weighted by atomic mass is 16.5. The summed E-state index contributed by atoms with van der Waals surface area (Å²) in [5.41, 5.74) is 6.17. The van der Waals surface area contributed by atoms with Crippen molar-refractivity contribution < 1.29 is 37.9 Å². The molecule has 10 aromatic carbocycles. The third-order valence-corrected chi connectivity index (χ3v) is 14.5. The van der Waals surface area contributed by atoms with E-state index in [0.29, 0.717) is 79.9 Å². The first-order chi connectivity index (χ1) is 42.2. The van der Waals surface area contributed by atoms with Crippen molar-refractivity contribution >= 4 is 46.2 Å². The molecule has 16 nitrogen and oxygen atoms in total. The molecule has 18 heteroatoms. The largest absolute Gasteiger partial charge is 0.457 e. The molecular formula is C68H30B2N8O8. The van der Waals surface area contributed by atoms with Crippen molar-refractivity contribution in [3.8, 4) is 141 Å². The highest BCUT2D eigenvalue weighted by molar-refractivity contribution is 7.01. The van der Waals surface area contributed by atoms with Crippen LogP contribution >= 0.6 is 0 Å². The molecule has 14 rings (SSSR count). The van der Waals surface area contributed by atoms with Crippen molar-refractivity contribution in [2.24, 2.45) is 0 Å². The van der Waals surface area contributed by atoms with Crippen LogP contribution in [0.1, 0.15) is 44.5 Å². The molecule has 86 heavy (non-hydrogen) atoms. The van der Waals surface area contributed by atoms with Crippen LogP contribution in [0, 0.1) is 90.6 Å². The van der Waals surface area contributed by atoms with Gasteiger partial charge in [0.15, 0.2) is 0 Å². The first-order valence-electron chi connectivity index (χ1n) is 26.2. The van der Waals surface area contributed by atoms with E-state index in [1.54, 1.807) is 78.9 Å². The SMILES string of the molecule is N#Cc1cc(C#N)c(Oc2cccc(Oc3cc(Oc4ccccc4)c(C#N)cc3C#N)c2)cc1Oc1ccccc1.N#Cc1cc(C#N)c2c3c1Oc1ccccc1B3c1cc3c(cc1O2)Oc1c(C#N)cc(C#N)c2c1B3c1ccccc1O2. The van der Waals surface area contributed by atoms with E-state index in [2.05, 4.69) is 24.3 Å². The summed E-state index contributed by atoms with van der Waals surface area (Å²) in [6.45, 7) is -0.814. The van der Waals surface area contributed by atoms with Crippen LogP contribution in [0.5, 0.6) is 92.0 Å². The second-order valence-corrected chi connectivity index (χ2v) is 19.5. The van der Waals surface area contributed by atoms with Gasteiger partial charge in [-0.15, -0.1) is 0 Å². The maximum Gasteiger partial charge on any atom is 0.260 e. The molecule has 0 unspecified atom stereocenters. The zero-order chi connectivity index (χ0) is 59.0. The van der Waals surface area contributed by atoms with Crippen LogP contribution in [0.25, 0.3) is 0 Å². The van der Waals surface area contributed by atoms with Gasteiger partial charge in [-0.05, 0) is 94.6 Å². The molecule has 4 aliphatic heterocycles. The van der Waals surface area contributed by atoms with Gasteiger partial charge < -0.3 is 37.9 Å². The lowest BCUT2D eigenvalue weighted by molar-refractivity contribution is 0.445. The number of ether oxygens (including phenoxy) is 8. The van der Waals surface area contributed by atoms with Crippen molar-refractivity contribution in [2.75, 3.05) is 0 Å². The number of rotatable bonds is 8. The summed E-state index contributed by atoms with van der Waals surface area (Å²) in [4.78, 5) is 0. The molecule has 0 fully saturated rings. The number of fused-ring (bicyclic) bond motifs is 8. The summed E-state index contributed by atoms with van der Waals surface area (Å²) >= 11 is 0. The minimum absolute atomic E-state index is 0.139. The lowest BCUT2D eigenvalue weighted by Crippen LogP contribution is -2.61. The fraction of sp³-hybridized carbons (Fsp3) is 0. The van der Waals surface area contributed by atoms with Crippen LogP contribution in [-0.4, -0.2) is 13.4 Å². The minimum atomic E-state index is -0.407. The van der Waals surface area contributed by atoms with Crippen molar-refractivity contribution in [3.63, 3.8) is 0 Å². The quantitative estimate of drug-likeness (QED) is 0.128. The van der Waals surface area contributed by atoms with E-state index in [9.17, 15) is 42.1 Å². The zero-order valence-corrected chi connectivity index (χ0v) is 44.3. The Morgan fingerprint density at radius 3 is 0.919 bits per heavy atom. The molecular weight excluding hydrogens is 1080 g/mol. The van der Waals surface area contributed by atoms with Crippen molar-refractivity contribution in [2.45, 2.75) is 0 Å². The highest BCUT2D eigenvalue weighted by Gasteiger charge is 2.47. The van der Waals surface area contributed by atoms with Crippen molar-refractivity contribution in [1.29, 1.82) is 42.1 Å². The molecule has 0 aliphatic carbocycles. The first kappa shape index (κ1) is 52.0. The van der Waals surface area contributed by atoms with Crippen LogP contribution in [0.4, 0.5) is 0 Å². The van der Waals surface area contributed by atoms with E-state index in [-0.39, 0.29) is 67.5 Å². The van der Waals surface area contributed by atoms with Crippen LogP contribution in [0.3, 0.4) is 0 Å². The van der Waals surface area contributed by atoms with Gasteiger partial charge >= 0.3 is 0 Å². The average molecular weight is 1110 g/mol. The molecule has 4 heterocycles. The number of hydrogen-bond acceptors (Lipinski definition) is 16. The summed E-state index contributed by atoms with van der Waals surface area (Å²) in [7, 11) is 0. The van der Waals surface area contributed by atoms with Gasteiger partial charge in [0.2, 0.25) is 0 Å². The molecule has 0 saturated heterocycles. The second-order valence-electron chi connectivity index (χ2n) is 19.5. The normalized spacial score (nSPS) is 11.5. The maximum atomic E-state index is 10.0. The summed E-state index contributed by atoms with van der Waals surface area (Å²) < 4.78 is 49.3.